The van der Waals surface area contributed by atoms with Crippen LogP contribution in [0.15, 0.2) is 30.3 Å². The maximum atomic E-state index is 12.3. The van der Waals surface area contributed by atoms with Crippen molar-refractivity contribution in [1.82, 2.24) is 0 Å². The SMILES string of the molecule is CC1(C)CCC[C@@]2(C)C1CC[C@@H](O)[C@H]2COC(=O)c1ccccc1. The normalized spacial score (nSPS) is 35.1. The van der Waals surface area contributed by atoms with E-state index >= 15 is 0 Å². The lowest BCUT2D eigenvalue weighted by atomic mass is 9.48. The summed E-state index contributed by atoms with van der Waals surface area (Å²) in [6.45, 7) is 7.35. The van der Waals surface area contributed by atoms with Crippen molar-refractivity contribution in [2.75, 3.05) is 6.61 Å². The van der Waals surface area contributed by atoms with Crippen LogP contribution in [0.3, 0.4) is 0 Å². The van der Waals surface area contributed by atoms with E-state index in [1.54, 1.807) is 12.1 Å². The number of hydrogen-bond acceptors (Lipinski definition) is 3. The summed E-state index contributed by atoms with van der Waals surface area (Å²) in [5, 5.41) is 10.6. The lowest BCUT2D eigenvalue weighted by molar-refractivity contribution is -0.137. The monoisotopic (exact) mass is 330 g/mol. The third-order valence-electron chi connectivity index (χ3n) is 6.74. The first kappa shape index (κ1) is 17.5. The van der Waals surface area contributed by atoms with E-state index in [0.29, 0.717) is 23.5 Å². The van der Waals surface area contributed by atoms with E-state index in [4.69, 9.17) is 4.74 Å². The van der Waals surface area contributed by atoms with Crippen molar-refractivity contribution in [3.63, 3.8) is 0 Å². The fraction of sp³-hybridized carbons (Fsp3) is 0.667. The van der Waals surface area contributed by atoms with E-state index in [1.165, 1.54) is 12.8 Å². The van der Waals surface area contributed by atoms with Gasteiger partial charge in [0.15, 0.2) is 0 Å². The van der Waals surface area contributed by atoms with E-state index < -0.39 is 0 Å². The molecule has 1 aromatic rings. The smallest absolute Gasteiger partial charge is 0.338 e. The summed E-state index contributed by atoms with van der Waals surface area (Å²) in [6, 6.07) is 9.11. The van der Waals surface area contributed by atoms with Crippen molar-refractivity contribution in [3.05, 3.63) is 35.9 Å². The Morgan fingerprint density at radius 2 is 1.88 bits per heavy atom. The molecule has 2 aliphatic carbocycles. The summed E-state index contributed by atoms with van der Waals surface area (Å²) in [4.78, 5) is 12.3. The Labute approximate surface area is 145 Å². The molecule has 0 aromatic heterocycles. The largest absolute Gasteiger partial charge is 0.462 e. The first-order valence-electron chi connectivity index (χ1n) is 9.25. The van der Waals surface area contributed by atoms with Crippen LogP contribution in [0.4, 0.5) is 0 Å². The first-order chi connectivity index (χ1) is 11.3. The van der Waals surface area contributed by atoms with Gasteiger partial charge < -0.3 is 9.84 Å². The van der Waals surface area contributed by atoms with Gasteiger partial charge in [0.1, 0.15) is 0 Å². The van der Waals surface area contributed by atoms with Gasteiger partial charge in [0.2, 0.25) is 0 Å². The van der Waals surface area contributed by atoms with Gasteiger partial charge in [-0.25, -0.2) is 4.79 Å². The molecular formula is C21H30O3. The molecule has 0 aliphatic heterocycles. The van der Waals surface area contributed by atoms with E-state index in [2.05, 4.69) is 20.8 Å². The van der Waals surface area contributed by atoms with Crippen molar-refractivity contribution < 1.29 is 14.6 Å². The third kappa shape index (κ3) is 3.11. The average molecular weight is 330 g/mol. The molecule has 1 unspecified atom stereocenters. The van der Waals surface area contributed by atoms with Gasteiger partial charge in [0.25, 0.3) is 0 Å². The Hall–Kier alpha value is -1.35. The molecule has 0 saturated heterocycles. The van der Waals surface area contributed by atoms with E-state index in [0.717, 1.165) is 19.3 Å². The molecule has 0 heterocycles. The van der Waals surface area contributed by atoms with E-state index in [-0.39, 0.29) is 23.4 Å². The Morgan fingerprint density at radius 3 is 2.58 bits per heavy atom. The molecule has 2 saturated carbocycles. The average Bonchev–Trinajstić information content (AvgIpc) is 2.54. The number of carbonyl (C=O) groups excluding carboxylic acids is 1. The molecule has 4 atom stereocenters. The molecule has 0 spiro atoms. The zero-order chi connectivity index (χ0) is 17.4. The van der Waals surface area contributed by atoms with Gasteiger partial charge in [-0.1, -0.05) is 45.4 Å². The number of fused-ring (bicyclic) bond motifs is 1. The lowest BCUT2D eigenvalue weighted by Crippen LogP contribution is -2.54. The highest BCUT2D eigenvalue weighted by molar-refractivity contribution is 5.89. The highest BCUT2D eigenvalue weighted by atomic mass is 16.5. The fourth-order valence-electron chi connectivity index (χ4n) is 5.43. The maximum Gasteiger partial charge on any atom is 0.338 e. The minimum Gasteiger partial charge on any atom is -0.462 e. The lowest BCUT2D eigenvalue weighted by Gasteiger charge is -2.58. The van der Waals surface area contributed by atoms with Crippen molar-refractivity contribution in [2.24, 2.45) is 22.7 Å². The molecule has 0 amide bonds. The van der Waals surface area contributed by atoms with Gasteiger partial charge >= 0.3 is 5.97 Å². The van der Waals surface area contributed by atoms with Gasteiger partial charge in [-0.15, -0.1) is 0 Å². The molecule has 2 aliphatic rings. The summed E-state index contributed by atoms with van der Waals surface area (Å²) in [5.74, 6) is 0.328. The highest BCUT2D eigenvalue weighted by Crippen LogP contribution is 2.59. The summed E-state index contributed by atoms with van der Waals surface area (Å²) >= 11 is 0. The standard InChI is InChI=1S/C21H30O3/c1-20(2)12-7-13-21(3)16(17(22)10-11-18(20)21)14-24-19(23)15-8-5-4-6-9-15/h4-6,8-9,16-18,22H,7,10-14H2,1-3H3/t16-,17-,18?,21-/m1/s1. The van der Waals surface area contributed by atoms with Gasteiger partial charge in [-0.3, -0.25) is 0 Å². The number of hydrogen-bond donors (Lipinski definition) is 1. The number of carbonyl (C=O) groups is 1. The molecule has 0 radical (unpaired) electrons. The molecule has 24 heavy (non-hydrogen) atoms. The number of esters is 1. The molecule has 2 fully saturated rings. The Bertz CT molecular complexity index is 580. The van der Waals surface area contributed by atoms with Crippen molar-refractivity contribution in [2.45, 2.75) is 59.0 Å². The van der Waals surface area contributed by atoms with Crippen LogP contribution in [0, 0.1) is 22.7 Å². The molecular weight excluding hydrogens is 300 g/mol. The summed E-state index contributed by atoms with van der Waals surface area (Å²) in [5.41, 5.74) is 0.930. The number of rotatable bonds is 3. The number of aliphatic hydroxyl groups excluding tert-OH is 1. The second kappa shape index (κ2) is 6.51. The van der Waals surface area contributed by atoms with Crippen LogP contribution in [0.5, 0.6) is 0 Å². The van der Waals surface area contributed by atoms with Crippen molar-refractivity contribution in [3.8, 4) is 0 Å². The Balaban J connectivity index is 1.74. The zero-order valence-electron chi connectivity index (χ0n) is 15.1. The predicted octanol–water partition coefficient (Wildman–Crippen LogP) is 4.45. The maximum absolute atomic E-state index is 12.3. The molecule has 1 N–H and O–H groups in total. The topological polar surface area (TPSA) is 46.5 Å². The predicted molar refractivity (Wildman–Crippen MR) is 94.7 cm³/mol. The van der Waals surface area contributed by atoms with Crippen LogP contribution < -0.4 is 0 Å². The number of ether oxygens (including phenoxy) is 1. The minimum absolute atomic E-state index is 0.0310. The van der Waals surface area contributed by atoms with Crippen molar-refractivity contribution in [1.29, 1.82) is 0 Å². The minimum atomic E-state index is -0.372. The van der Waals surface area contributed by atoms with Gasteiger partial charge in [0.05, 0.1) is 18.3 Å². The summed E-state index contributed by atoms with van der Waals surface area (Å²) in [7, 11) is 0. The molecule has 3 rings (SSSR count). The molecule has 0 bridgehead atoms. The molecule has 132 valence electrons. The summed E-state index contributed by atoms with van der Waals surface area (Å²) in [6.07, 6.45) is 5.08. The first-order valence-corrected chi connectivity index (χ1v) is 9.25. The number of benzene rings is 1. The third-order valence-corrected chi connectivity index (χ3v) is 6.74. The number of aliphatic hydroxyl groups is 1. The van der Waals surface area contributed by atoms with Gasteiger partial charge in [-0.05, 0) is 54.6 Å². The van der Waals surface area contributed by atoms with Crippen LogP contribution in [-0.2, 0) is 4.74 Å². The molecule has 1 aromatic carbocycles. The highest BCUT2D eigenvalue weighted by Gasteiger charge is 2.54. The van der Waals surface area contributed by atoms with Crippen LogP contribution in [0.1, 0.15) is 63.2 Å². The van der Waals surface area contributed by atoms with E-state index in [9.17, 15) is 9.90 Å². The molecule has 3 nitrogen and oxygen atoms in total. The van der Waals surface area contributed by atoms with Gasteiger partial charge in [0, 0.05) is 5.92 Å². The van der Waals surface area contributed by atoms with Crippen LogP contribution >= 0.6 is 0 Å². The van der Waals surface area contributed by atoms with Crippen LogP contribution in [-0.4, -0.2) is 23.8 Å². The Morgan fingerprint density at radius 1 is 1.17 bits per heavy atom. The fourth-order valence-corrected chi connectivity index (χ4v) is 5.43. The zero-order valence-corrected chi connectivity index (χ0v) is 15.1. The van der Waals surface area contributed by atoms with Crippen molar-refractivity contribution >= 4 is 5.97 Å². The quantitative estimate of drug-likeness (QED) is 0.833. The van der Waals surface area contributed by atoms with Crippen LogP contribution in [0.2, 0.25) is 0 Å². The molecule has 3 heteroatoms. The van der Waals surface area contributed by atoms with E-state index in [1.807, 2.05) is 18.2 Å². The second-order valence-corrected chi connectivity index (χ2v) is 8.62. The summed E-state index contributed by atoms with van der Waals surface area (Å²) < 4.78 is 5.62. The van der Waals surface area contributed by atoms with Crippen LogP contribution in [0.25, 0.3) is 0 Å². The van der Waals surface area contributed by atoms with Gasteiger partial charge in [-0.2, -0.15) is 0 Å². The Kier molecular flexibility index (Phi) is 4.74. The second-order valence-electron chi connectivity index (χ2n) is 8.62.